The highest BCUT2D eigenvalue weighted by Gasteiger charge is 2.50. The lowest BCUT2D eigenvalue weighted by Crippen LogP contribution is -2.43. The van der Waals surface area contributed by atoms with Gasteiger partial charge in [0.25, 0.3) is 5.79 Å². The normalized spacial score (nSPS) is 17.3. The number of amidine groups is 4. The molecular weight excluding hydrogens is 895 g/mol. The molecule has 5 heterocycles. The molecule has 10 nitrogen and oxygen atoms in total. The van der Waals surface area contributed by atoms with Gasteiger partial charge in [0, 0.05) is 5.56 Å². The second-order valence-electron chi connectivity index (χ2n) is 13.8. The summed E-state index contributed by atoms with van der Waals surface area (Å²) in [6, 6.07) is 5.18. The number of hydrogen-bond acceptors (Lipinski definition) is 8. The summed E-state index contributed by atoms with van der Waals surface area (Å²) in [4.78, 5) is 23.4. The molecule has 8 bridgehead atoms. The van der Waals surface area contributed by atoms with Crippen LogP contribution in [0.5, 0.6) is 5.75 Å². The number of hydrogen-bond donors (Lipinski definition) is 4. The van der Waals surface area contributed by atoms with Crippen LogP contribution in [0.4, 0.5) is 89.0 Å². The molecule has 64 heavy (non-hydrogen) atoms. The number of rotatable bonds is 3. The Balaban J connectivity index is 1.38. The van der Waals surface area contributed by atoms with Crippen LogP contribution in [-0.4, -0.2) is 40.4 Å². The number of H-pyrrole nitrogens is 2. The molecule has 0 fully saturated rings. The van der Waals surface area contributed by atoms with E-state index in [0.29, 0.717) is 0 Å². The zero-order chi connectivity index (χ0) is 45.6. The zero-order valence-corrected chi connectivity index (χ0v) is 30.7. The predicted octanol–water partition coefficient (Wildman–Crippen LogP) is 8.93. The van der Waals surface area contributed by atoms with Crippen molar-refractivity contribution >= 4 is 63.1 Å². The van der Waals surface area contributed by atoms with Crippen LogP contribution in [0.25, 0.3) is 16.6 Å². The van der Waals surface area contributed by atoms with E-state index in [-0.39, 0.29) is 11.8 Å². The summed E-state index contributed by atoms with van der Waals surface area (Å²) in [5.74, 6) is -45.2. The molecule has 0 amide bonds. The van der Waals surface area contributed by atoms with Crippen molar-refractivity contribution in [1.82, 2.24) is 9.97 Å². The number of anilines is 2. The topological polar surface area (TPSA) is 127 Å². The summed E-state index contributed by atoms with van der Waals surface area (Å²) >= 11 is 0. The fraction of sp³-hybridized carbons (Fsp3) is 0.0513. The minimum Gasteiger partial charge on any atom is -0.495 e. The van der Waals surface area contributed by atoms with Gasteiger partial charge in [0.05, 0.1) is 51.0 Å². The molecule has 25 heteroatoms. The van der Waals surface area contributed by atoms with Crippen LogP contribution >= 0.6 is 0 Å². The maximum Gasteiger partial charge on any atom is 0.265 e. The van der Waals surface area contributed by atoms with Gasteiger partial charge in [-0.1, -0.05) is 12.1 Å². The Bertz CT molecular complexity index is 3520. The molecule has 0 radical (unpaired) electrons. The van der Waals surface area contributed by atoms with Gasteiger partial charge in [0.15, 0.2) is 93.2 Å². The van der Waals surface area contributed by atoms with Gasteiger partial charge in [-0.15, -0.1) is 0 Å². The number of alkyl halides is 1. The average molecular weight is 908 g/mol. The lowest BCUT2D eigenvalue weighted by molar-refractivity contribution is 0.200. The Hall–Kier alpha value is -7.86. The maximum absolute atomic E-state index is 17.7. The number of aromatic nitrogens is 2. The van der Waals surface area contributed by atoms with E-state index in [0.717, 1.165) is 13.2 Å². The van der Waals surface area contributed by atoms with Crippen LogP contribution in [0.3, 0.4) is 0 Å². The van der Waals surface area contributed by atoms with E-state index in [1.54, 1.807) is 0 Å². The SMILES string of the molecule is COc1ccccc1NC1(F)C(F)=C(F)C(F)=c2c1c1[nH]c2=NC2=NC(=Nc3[nH]c(c4c(F)c(F)c(F)c(F)c34)N=C3N=C(N1)c1c(F)c(F)c(F)c(F)c13)c1c2cc(F)c(F)c1F. The molecule has 1 atom stereocenters. The Morgan fingerprint density at radius 1 is 0.578 bits per heavy atom. The molecule has 0 saturated heterocycles. The van der Waals surface area contributed by atoms with Crippen LogP contribution in [0.15, 0.2) is 66.9 Å². The molecule has 4 N–H and O–H groups in total. The lowest BCUT2D eigenvalue weighted by atomic mass is 9.96. The predicted molar refractivity (Wildman–Crippen MR) is 195 cm³/mol. The summed E-state index contributed by atoms with van der Waals surface area (Å²) in [6.07, 6.45) is 0. The first-order chi connectivity index (χ1) is 30.4. The van der Waals surface area contributed by atoms with Crippen molar-refractivity contribution in [1.29, 1.82) is 0 Å². The fourth-order valence-corrected chi connectivity index (χ4v) is 7.48. The molecule has 3 aliphatic heterocycles. The van der Waals surface area contributed by atoms with Crippen molar-refractivity contribution in [2.75, 3.05) is 17.7 Å². The number of allylic oxidation sites excluding steroid dienone is 1. The van der Waals surface area contributed by atoms with Crippen LogP contribution in [0.2, 0.25) is 0 Å². The Kier molecular flexibility index (Phi) is 8.53. The number of nitrogens with one attached hydrogen (secondary N) is 4. The number of aromatic amines is 2. The fourth-order valence-electron chi connectivity index (χ4n) is 7.48. The molecule has 2 aromatic heterocycles. The van der Waals surface area contributed by atoms with Crippen molar-refractivity contribution in [3.8, 4) is 5.75 Å². The number of para-hydroxylation sites is 2. The summed E-state index contributed by atoms with van der Waals surface area (Å²) in [5.41, 5.74) is -7.90. The van der Waals surface area contributed by atoms with E-state index >= 15 is 39.5 Å². The first-order valence-corrected chi connectivity index (χ1v) is 17.6. The van der Waals surface area contributed by atoms with Gasteiger partial charge < -0.3 is 25.3 Å². The highest BCUT2D eigenvalue weighted by Crippen LogP contribution is 2.46. The number of fused-ring (bicyclic) bond motifs is 18. The zero-order valence-electron chi connectivity index (χ0n) is 30.7. The lowest BCUT2D eigenvalue weighted by Gasteiger charge is -2.30. The first kappa shape index (κ1) is 40.2. The molecule has 4 aromatic carbocycles. The maximum atomic E-state index is 17.7. The van der Waals surface area contributed by atoms with Gasteiger partial charge in [-0.05, 0) is 18.2 Å². The molecule has 10 rings (SSSR count). The van der Waals surface area contributed by atoms with Gasteiger partial charge in [0.2, 0.25) is 5.83 Å². The smallest absolute Gasteiger partial charge is 0.265 e. The van der Waals surface area contributed by atoms with Crippen LogP contribution < -0.4 is 26.1 Å². The number of aliphatic imine (C=N–C) groups is 4. The number of halogens is 15. The van der Waals surface area contributed by atoms with E-state index < -0.39 is 183 Å². The van der Waals surface area contributed by atoms with Gasteiger partial charge in [0.1, 0.15) is 34.5 Å². The third kappa shape index (κ3) is 5.28. The standard InChI is InChI=1S/C39H12F15N9O/c1-64-10-5-3-2-4-9(10)63-39(54)17-16(24(47)29(52)30(39)53)37-56-31-7-6-8(40)18(41)19(42)11(7)32(55-31)57-33-12-13(21(44)26(49)25(48)20(12)43)34(58-33)59-35-14-15(36(60-35)61-38(17)62-37)23(46)28(51)27(50)22(14)45/h2-6,58,63H,1H3,(H,59,60,61)(H,55,56,57,62). The van der Waals surface area contributed by atoms with Gasteiger partial charge >= 0.3 is 0 Å². The van der Waals surface area contributed by atoms with Crippen LogP contribution in [0.1, 0.15) is 27.8 Å². The minimum atomic E-state index is -4.13. The number of ether oxygens (including phenoxy) is 1. The van der Waals surface area contributed by atoms with Crippen molar-refractivity contribution in [3.05, 3.63) is 144 Å². The van der Waals surface area contributed by atoms with Gasteiger partial charge in [-0.2, -0.15) is 0 Å². The largest absolute Gasteiger partial charge is 0.495 e. The third-order valence-corrected chi connectivity index (χ3v) is 10.3. The highest BCUT2D eigenvalue weighted by atomic mass is 19.2. The van der Waals surface area contributed by atoms with Crippen molar-refractivity contribution in [2.45, 2.75) is 5.79 Å². The Morgan fingerprint density at radius 3 is 1.80 bits per heavy atom. The molecule has 324 valence electrons. The summed E-state index contributed by atoms with van der Waals surface area (Å²) < 4.78 is 239. The van der Waals surface area contributed by atoms with E-state index in [2.05, 4.69) is 40.2 Å². The number of nitrogens with zero attached hydrogens (tertiary/aromatic N) is 5. The molecule has 1 unspecified atom stereocenters. The summed E-state index contributed by atoms with van der Waals surface area (Å²) in [6.45, 7) is 0. The van der Waals surface area contributed by atoms with Gasteiger partial charge in [-0.25, -0.2) is 90.8 Å². The van der Waals surface area contributed by atoms with Crippen LogP contribution in [0, 0.1) is 64.0 Å². The molecular formula is C39H12F15N9O. The van der Waals surface area contributed by atoms with E-state index in [1.165, 1.54) is 18.2 Å². The van der Waals surface area contributed by atoms with Crippen molar-refractivity contribution < 1.29 is 70.6 Å². The summed E-state index contributed by atoms with van der Waals surface area (Å²) in [5, 5.41) is -0.00565. The number of methoxy groups -OCH3 is 1. The second-order valence-corrected chi connectivity index (χ2v) is 13.8. The third-order valence-electron chi connectivity index (χ3n) is 10.3. The average Bonchev–Trinajstić information content (AvgIpc) is 4.02. The summed E-state index contributed by atoms with van der Waals surface area (Å²) in [7, 11) is 1.09. The molecule has 6 aromatic rings. The monoisotopic (exact) mass is 907 g/mol. The number of benzene rings is 4. The molecule has 1 aliphatic carbocycles. The molecule has 4 aliphatic rings. The van der Waals surface area contributed by atoms with E-state index in [9.17, 15) is 26.3 Å². The highest BCUT2D eigenvalue weighted by molar-refractivity contribution is 6.27. The van der Waals surface area contributed by atoms with Crippen LogP contribution in [-0.2, 0) is 5.79 Å². The van der Waals surface area contributed by atoms with Crippen molar-refractivity contribution in [2.24, 2.45) is 25.0 Å². The first-order valence-electron chi connectivity index (χ1n) is 17.6. The van der Waals surface area contributed by atoms with Gasteiger partial charge in [-0.3, -0.25) is 0 Å². The van der Waals surface area contributed by atoms with E-state index in [1.807, 2.05) is 5.32 Å². The Labute approximate surface area is 342 Å². The Morgan fingerprint density at radius 2 is 1.16 bits per heavy atom. The van der Waals surface area contributed by atoms with Crippen molar-refractivity contribution in [3.63, 3.8) is 0 Å². The molecule has 0 saturated carbocycles. The molecule has 0 spiro atoms. The van der Waals surface area contributed by atoms with E-state index in [4.69, 9.17) is 4.74 Å². The minimum absolute atomic E-state index is 0.228. The second kappa shape index (κ2) is 13.6. The quantitative estimate of drug-likeness (QED) is 0.0614.